The van der Waals surface area contributed by atoms with Crippen molar-refractivity contribution in [3.05, 3.63) is 95.0 Å². The van der Waals surface area contributed by atoms with Gasteiger partial charge >= 0.3 is 0 Å². The van der Waals surface area contributed by atoms with Gasteiger partial charge in [-0.15, -0.1) is 0 Å². The van der Waals surface area contributed by atoms with Crippen LogP contribution in [-0.4, -0.2) is 13.0 Å². The van der Waals surface area contributed by atoms with Crippen LogP contribution in [0.4, 0.5) is 0 Å². The molecule has 4 rings (SSSR count). The van der Waals surface area contributed by atoms with Gasteiger partial charge in [0.2, 0.25) is 6.79 Å². The molecule has 0 saturated carbocycles. The maximum absolute atomic E-state index is 6.15. The van der Waals surface area contributed by atoms with Crippen LogP contribution >= 0.6 is 11.6 Å². The fourth-order valence-corrected chi connectivity index (χ4v) is 2.95. The molecule has 0 aromatic heterocycles. The number of halogens is 1. The number of hydrogen-bond donors (Lipinski definition) is 1. The first kappa shape index (κ1) is 18.9. The summed E-state index contributed by atoms with van der Waals surface area (Å²) in [7, 11) is 0. The molecule has 0 bridgehead atoms. The van der Waals surface area contributed by atoms with E-state index in [0.29, 0.717) is 23.1 Å². The number of nitrogens with one attached hydrogen (secondary N) is 1. The van der Waals surface area contributed by atoms with Gasteiger partial charge in [-0.1, -0.05) is 36.4 Å². The molecule has 1 heterocycles. The largest absolute Gasteiger partial charge is 0.489 e. The molecule has 146 valence electrons. The van der Waals surface area contributed by atoms with E-state index in [2.05, 4.69) is 17.1 Å². The van der Waals surface area contributed by atoms with E-state index >= 15 is 0 Å². The summed E-state index contributed by atoms with van der Waals surface area (Å²) < 4.78 is 16.5. The Balaban J connectivity index is 1.31. The monoisotopic (exact) mass is 406 g/mol. The van der Waals surface area contributed by atoms with Gasteiger partial charge in [-0.25, -0.2) is 0 Å². The smallest absolute Gasteiger partial charge is 0.231 e. The molecule has 5 nitrogen and oxygen atoms in total. The van der Waals surface area contributed by atoms with Gasteiger partial charge in [0.05, 0.1) is 11.9 Å². The van der Waals surface area contributed by atoms with Gasteiger partial charge in [0.25, 0.3) is 0 Å². The van der Waals surface area contributed by atoms with Gasteiger partial charge in [0.1, 0.15) is 12.4 Å². The van der Waals surface area contributed by atoms with Gasteiger partial charge in [-0.3, -0.25) is 5.43 Å². The minimum atomic E-state index is 0.245. The zero-order valence-corrected chi connectivity index (χ0v) is 16.4. The lowest BCUT2D eigenvalue weighted by Gasteiger charge is -2.08. The Kier molecular flexibility index (Phi) is 5.68. The van der Waals surface area contributed by atoms with Gasteiger partial charge in [-0.05, 0) is 54.1 Å². The minimum Gasteiger partial charge on any atom is -0.489 e. The molecule has 1 N–H and O–H groups in total. The molecule has 0 unspecified atom stereocenters. The lowest BCUT2D eigenvalue weighted by Crippen LogP contribution is -2.03. The molecule has 1 aliphatic rings. The van der Waals surface area contributed by atoms with Crippen LogP contribution in [-0.2, 0) is 6.61 Å². The van der Waals surface area contributed by atoms with E-state index in [-0.39, 0.29) is 6.79 Å². The molecular formula is C23H19ClN2O3. The van der Waals surface area contributed by atoms with Gasteiger partial charge < -0.3 is 14.2 Å². The fourth-order valence-electron chi connectivity index (χ4n) is 2.76. The summed E-state index contributed by atoms with van der Waals surface area (Å²) in [6, 6.07) is 20.9. The molecule has 29 heavy (non-hydrogen) atoms. The molecule has 3 aromatic carbocycles. The number of ether oxygens (including phenoxy) is 3. The summed E-state index contributed by atoms with van der Waals surface area (Å²) in [5.74, 6) is 2.21. The normalized spacial score (nSPS) is 12.2. The molecular weight excluding hydrogens is 388 g/mol. The quantitative estimate of drug-likeness (QED) is 0.430. The molecule has 0 radical (unpaired) electrons. The highest BCUT2D eigenvalue weighted by Gasteiger charge is 2.13. The van der Waals surface area contributed by atoms with E-state index < -0.39 is 0 Å². The third kappa shape index (κ3) is 4.70. The number of benzene rings is 3. The maximum Gasteiger partial charge on any atom is 0.231 e. The van der Waals surface area contributed by atoms with Crippen LogP contribution in [0.15, 0.2) is 78.4 Å². The predicted octanol–water partition coefficient (Wildman–Crippen LogP) is 5.24. The summed E-state index contributed by atoms with van der Waals surface area (Å²) in [5.41, 5.74) is 6.37. The van der Waals surface area contributed by atoms with E-state index in [0.717, 1.165) is 28.2 Å². The summed E-state index contributed by atoms with van der Waals surface area (Å²) in [6.07, 6.45) is 1.72. The van der Waals surface area contributed by atoms with Crippen molar-refractivity contribution in [3.8, 4) is 17.2 Å². The standard InChI is InChI=1S/C23H19ClN2O3/c1-16(18-8-11-22-23(12-18)29-15-28-22)26-25-13-17-6-9-20(10-7-17)27-14-19-4-2-3-5-21(19)24/h2-13,26H,1,14-15H2/b25-13-. The van der Waals surface area contributed by atoms with Crippen LogP contribution in [0.1, 0.15) is 16.7 Å². The van der Waals surface area contributed by atoms with Gasteiger partial charge in [0, 0.05) is 16.1 Å². The van der Waals surface area contributed by atoms with E-state index in [1.807, 2.05) is 66.7 Å². The second-order valence-corrected chi connectivity index (χ2v) is 6.77. The van der Waals surface area contributed by atoms with E-state index in [1.54, 1.807) is 6.21 Å². The highest BCUT2D eigenvalue weighted by molar-refractivity contribution is 6.31. The second kappa shape index (κ2) is 8.71. The number of rotatable bonds is 7. The molecule has 3 aromatic rings. The number of nitrogens with zero attached hydrogens (tertiary/aromatic N) is 1. The van der Waals surface area contributed by atoms with E-state index in [1.165, 1.54) is 0 Å². The third-order valence-corrected chi connectivity index (χ3v) is 4.74. The van der Waals surface area contributed by atoms with Crippen LogP contribution < -0.4 is 19.6 Å². The fraction of sp³-hybridized carbons (Fsp3) is 0.0870. The van der Waals surface area contributed by atoms with Crippen molar-refractivity contribution in [3.63, 3.8) is 0 Å². The molecule has 0 aliphatic carbocycles. The number of fused-ring (bicyclic) bond motifs is 1. The van der Waals surface area contributed by atoms with Crippen LogP contribution in [0.25, 0.3) is 5.70 Å². The van der Waals surface area contributed by atoms with Crippen LogP contribution in [0, 0.1) is 0 Å². The minimum absolute atomic E-state index is 0.245. The number of hydrazone groups is 1. The van der Waals surface area contributed by atoms with Gasteiger partial charge in [-0.2, -0.15) is 5.10 Å². The van der Waals surface area contributed by atoms with Gasteiger partial charge in [0.15, 0.2) is 11.5 Å². The van der Waals surface area contributed by atoms with E-state index in [9.17, 15) is 0 Å². The Labute approximate surface area is 174 Å². The molecule has 0 spiro atoms. The summed E-state index contributed by atoms with van der Waals surface area (Å²) in [6.45, 7) is 4.67. The molecule has 0 fully saturated rings. The van der Waals surface area contributed by atoms with Crippen molar-refractivity contribution in [2.45, 2.75) is 6.61 Å². The maximum atomic E-state index is 6.15. The lowest BCUT2D eigenvalue weighted by molar-refractivity contribution is 0.174. The Morgan fingerprint density at radius 2 is 1.86 bits per heavy atom. The predicted molar refractivity (Wildman–Crippen MR) is 115 cm³/mol. The Morgan fingerprint density at radius 1 is 1.07 bits per heavy atom. The Hall–Kier alpha value is -3.44. The summed E-state index contributed by atoms with van der Waals surface area (Å²) >= 11 is 6.15. The Bertz CT molecular complexity index is 1050. The van der Waals surface area contributed by atoms with Crippen LogP contribution in [0.2, 0.25) is 5.02 Å². The second-order valence-electron chi connectivity index (χ2n) is 6.37. The van der Waals surface area contributed by atoms with Crippen molar-refractivity contribution in [1.29, 1.82) is 0 Å². The third-order valence-electron chi connectivity index (χ3n) is 4.37. The van der Waals surface area contributed by atoms with Crippen molar-refractivity contribution >= 4 is 23.5 Å². The highest BCUT2D eigenvalue weighted by atomic mass is 35.5. The lowest BCUT2D eigenvalue weighted by atomic mass is 10.1. The molecule has 0 atom stereocenters. The van der Waals surface area contributed by atoms with Crippen molar-refractivity contribution in [2.24, 2.45) is 5.10 Å². The molecule has 6 heteroatoms. The zero-order valence-electron chi connectivity index (χ0n) is 15.6. The first-order chi connectivity index (χ1) is 14.2. The van der Waals surface area contributed by atoms with E-state index in [4.69, 9.17) is 25.8 Å². The first-order valence-corrected chi connectivity index (χ1v) is 9.41. The summed E-state index contributed by atoms with van der Waals surface area (Å²) in [4.78, 5) is 0. The van der Waals surface area contributed by atoms with Crippen molar-refractivity contribution in [2.75, 3.05) is 6.79 Å². The van der Waals surface area contributed by atoms with Crippen molar-refractivity contribution < 1.29 is 14.2 Å². The SMILES string of the molecule is C=C(N/N=C\c1ccc(OCc2ccccc2Cl)cc1)c1ccc2c(c1)OCO2. The first-order valence-electron chi connectivity index (χ1n) is 9.03. The average Bonchev–Trinajstić information content (AvgIpc) is 3.22. The van der Waals surface area contributed by atoms with Crippen LogP contribution in [0.3, 0.4) is 0 Å². The van der Waals surface area contributed by atoms with Crippen molar-refractivity contribution in [1.82, 2.24) is 5.43 Å². The molecule has 0 saturated heterocycles. The Morgan fingerprint density at radius 3 is 2.69 bits per heavy atom. The molecule has 0 amide bonds. The summed E-state index contributed by atoms with van der Waals surface area (Å²) in [5, 5.41) is 4.94. The number of hydrogen-bond acceptors (Lipinski definition) is 5. The zero-order chi connectivity index (χ0) is 20.1. The van der Waals surface area contributed by atoms with Crippen LogP contribution in [0.5, 0.6) is 17.2 Å². The topological polar surface area (TPSA) is 52.1 Å². The molecule has 1 aliphatic heterocycles. The average molecular weight is 407 g/mol. The highest BCUT2D eigenvalue weighted by Crippen LogP contribution is 2.33.